The highest BCUT2D eigenvalue weighted by molar-refractivity contribution is 5.85. The number of nitrogens with zero attached hydrogens (tertiary/aromatic N) is 2. The molecule has 3 saturated carbocycles. The van der Waals surface area contributed by atoms with Crippen LogP contribution in [-0.2, 0) is 0 Å². The fourth-order valence-electron chi connectivity index (χ4n) is 4.96. The summed E-state index contributed by atoms with van der Waals surface area (Å²) in [5.41, 5.74) is 0.503. The van der Waals surface area contributed by atoms with Gasteiger partial charge in [0.25, 0.3) is 0 Å². The SMILES string of the molecule is CN(CCC#N)C12CC3CCC1CC(C3)C2.Cl. The Hall–Kier alpha value is -0.260. The molecular formula is C14H23ClN2. The lowest BCUT2D eigenvalue weighted by Gasteiger charge is -2.51. The highest BCUT2D eigenvalue weighted by Gasteiger charge is 2.56. The molecular weight excluding hydrogens is 232 g/mol. The number of halogens is 1. The molecule has 0 saturated heterocycles. The molecule has 3 rings (SSSR count). The number of fused-ring (bicyclic) bond motifs is 2. The topological polar surface area (TPSA) is 27.0 Å². The van der Waals surface area contributed by atoms with Crippen molar-refractivity contribution in [2.45, 2.75) is 50.5 Å². The summed E-state index contributed by atoms with van der Waals surface area (Å²) in [4.78, 5) is 2.55. The zero-order chi connectivity index (χ0) is 11.2. The molecule has 3 aliphatic carbocycles. The van der Waals surface area contributed by atoms with Crippen LogP contribution in [0.3, 0.4) is 0 Å². The van der Waals surface area contributed by atoms with Gasteiger partial charge in [-0.3, -0.25) is 4.90 Å². The maximum absolute atomic E-state index is 8.74. The second-order valence-electron chi connectivity index (χ2n) is 6.32. The lowest BCUT2D eigenvalue weighted by atomic mass is 9.66. The van der Waals surface area contributed by atoms with Crippen molar-refractivity contribution in [1.29, 1.82) is 5.26 Å². The standard InChI is InChI=1S/C14H22N2.ClH/c1-16(6-2-5-15)14-9-11-3-4-13(14)8-12(7-11)10-14;/h11-13H,2-4,6-10H2,1H3;1H. The van der Waals surface area contributed by atoms with Crippen LogP contribution in [0.15, 0.2) is 0 Å². The first-order valence-electron chi connectivity index (χ1n) is 6.83. The molecule has 0 aliphatic heterocycles. The van der Waals surface area contributed by atoms with Gasteiger partial charge in [0.05, 0.1) is 6.07 Å². The van der Waals surface area contributed by atoms with E-state index in [9.17, 15) is 0 Å². The van der Waals surface area contributed by atoms with E-state index < -0.39 is 0 Å². The van der Waals surface area contributed by atoms with Gasteiger partial charge in [0.1, 0.15) is 0 Å². The zero-order valence-corrected chi connectivity index (χ0v) is 11.5. The molecule has 4 atom stereocenters. The predicted molar refractivity (Wildman–Crippen MR) is 71.0 cm³/mol. The minimum atomic E-state index is 0. The summed E-state index contributed by atoms with van der Waals surface area (Å²) in [5.74, 6) is 2.96. The molecule has 96 valence electrons. The fourth-order valence-corrected chi connectivity index (χ4v) is 4.96. The molecule has 3 fully saturated rings. The third-order valence-electron chi connectivity index (χ3n) is 5.57. The number of hydrogen-bond acceptors (Lipinski definition) is 2. The second kappa shape index (κ2) is 4.78. The quantitative estimate of drug-likeness (QED) is 0.773. The Balaban J connectivity index is 0.00000108. The smallest absolute Gasteiger partial charge is 0.0635 e. The number of nitriles is 1. The summed E-state index contributed by atoms with van der Waals surface area (Å²) in [6.45, 7) is 0.979. The second-order valence-corrected chi connectivity index (χ2v) is 6.32. The third kappa shape index (κ3) is 1.98. The molecule has 0 aromatic rings. The van der Waals surface area contributed by atoms with Crippen LogP contribution in [0, 0.1) is 29.1 Å². The minimum Gasteiger partial charge on any atom is -0.299 e. The van der Waals surface area contributed by atoms with Crippen molar-refractivity contribution in [2.24, 2.45) is 17.8 Å². The van der Waals surface area contributed by atoms with Crippen LogP contribution in [0.1, 0.15) is 44.9 Å². The molecule has 0 amide bonds. The molecule has 0 heterocycles. The predicted octanol–water partition coefficient (Wildman–Crippen LogP) is 3.22. The number of rotatable bonds is 3. The van der Waals surface area contributed by atoms with E-state index in [1.165, 1.54) is 38.5 Å². The van der Waals surface area contributed by atoms with E-state index in [-0.39, 0.29) is 12.4 Å². The van der Waals surface area contributed by atoms with Gasteiger partial charge in [-0.15, -0.1) is 12.4 Å². The Kier molecular flexibility index (Phi) is 3.71. The van der Waals surface area contributed by atoms with E-state index in [4.69, 9.17) is 5.26 Å². The van der Waals surface area contributed by atoms with Gasteiger partial charge in [0, 0.05) is 18.5 Å². The highest BCUT2D eigenvalue weighted by Crippen LogP contribution is 2.59. The van der Waals surface area contributed by atoms with Crippen molar-refractivity contribution in [1.82, 2.24) is 4.90 Å². The molecule has 4 unspecified atom stereocenters. The van der Waals surface area contributed by atoms with Gasteiger partial charge in [0.2, 0.25) is 0 Å². The van der Waals surface area contributed by atoms with Crippen LogP contribution in [-0.4, -0.2) is 24.0 Å². The summed E-state index contributed by atoms with van der Waals surface area (Å²) in [5, 5.41) is 8.74. The van der Waals surface area contributed by atoms with E-state index in [2.05, 4.69) is 18.0 Å². The molecule has 2 nitrogen and oxygen atoms in total. The first-order valence-corrected chi connectivity index (χ1v) is 6.83. The average Bonchev–Trinajstić information content (AvgIpc) is 2.44. The van der Waals surface area contributed by atoms with E-state index in [0.29, 0.717) is 12.0 Å². The molecule has 3 aliphatic rings. The van der Waals surface area contributed by atoms with Crippen molar-refractivity contribution < 1.29 is 0 Å². The summed E-state index contributed by atoms with van der Waals surface area (Å²) < 4.78 is 0. The van der Waals surface area contributed by atoms with Crippen molar-refractivity contribution >= 4 is 12.4 Å². The lowest BCUT2D eigenvalue weighted by molar-refractivity contribution is 0.00159. The Bertz CT molecular complexity index is 325. The first-order chi connectivity index (χ1) is 7.74. The highest BCUT2D eigenvalue weighted by atomic mass is 35.5. The van der Waals surface area contributed by atoms with Crippen LogP contribution in [0.2, 0.25) is 0 Å². The van der Waals surface area contributed by atoms with E-state index in [1.807, 2.05) is 0 Å². The molecule has 3 heteroatoms. The van der Waals surface area contributed by atoms with Crippen LogP contribution in [0.4, 0.5) is 0 Å². The van der Waals surface area contributed by atoms with Gasteiger partial charge < -0.3 is 0 Å². The van der Waals surface area contributed by atoms with Gasteiger partial charge >= 0.3 is 0 Å². The summed E-state index contributed by atoms with van der Waals surface area (Å²) in [7, 11) is 2.26. The third-order valence-corrected chi connectivity index (χ3v) is 5.57. The van der Waals surface area contributed by atoms with Crippen LogP contribution >= 0.6 is 12.4 Å². The van der Waals surface area contributed by atoms with Gasteiger partial charge in [-0.2, -0.15) is 5.26 Å². The lowest BCUT2D eigenvalue weighted by Crippen LogP contribution is -2.54. The summed E-state index contributed by atoms with van der Waals surface area (Å²) in [6.07, 6.45) is 9.47. The Morgan fingerprint density at radius 1 is 1.24 bits per heavy atom. The summed E-state index contributed by atoms with van der Waals surface area (Å²) in [6, 6.07) is 2.30. The van der Waals surface area contributed by atoms with Crippen LogP contribution in [0.5, 0.6) is 0 Å². The van der Waals surface area contributed by atoms with Crippen molar-refractivity contribution in [3.05, 3.63) is 0 Å². The molecule has 0 aromatic carbocycles. The van der Waals surface area contributed by atoms with Gasteiger partial charge in [-0.1, -0.05) is 6.42 Å². The Morgan fingerprint density at radius 2 is 2.00 bits per heavy atom. The minimum absolute atomic E-state index is 0. The van der Waals surface area contributed by atoms with Crippen molar-refractivity contribution in [2.75, 3.05) is 13.6 Å². The molecule has 0 radical (unpaired) electrons. The number of hydrogen-bond donors (Lipinski definition) is 0. The maximum atomic E-state index is 8.74. The van der Waals surface area contributed by atoms with Crippen molar-refractivity contribution in [3.63, 3.8) is 0 Å². The molecule has 3 bridgehead atoms. The monoisotopic (exact) mass is 254 g/mol. The Labute approximate surface area is 111 Å². The molecule has 0 aromatic heterocycles. The first kappa shape index (κ1) is 13.2. The maximum Gasteiger partial charge on any atom is 0.0635 e. The molecule has 0 spiro atoms. The van der Waals surface area contributed by atoms with E-state index in [0.717, 1.165) is 24.3 Å². The van der Waals surface area contributed by atoms with Crippen LogP contribution < -0.4 is 0 Å². The van der Waals surface area contributed by atoms with Crippen molar-refractivity contribution in [3.8, 4) is 6.07 Å². The molecule has 17 heavy (non-hydrogen) atoms. The zero-order valence-electron chi connectivity index (χ0n) is 10.7. The Morgan fingerprint density at radius 3 is 2.76 bits per heavy atom. The normalized spacial score (nSPS) is 42.3. The van der Waals surface area contributed by atoms with E-state index in [1.54, 1.807) is 0 Å². The largest absolute Gasteiger partial charge is 0.299 e. The van der Waals surface area contributed by atoms with Gasteiger partial charge in [0.15, 0.2) is 0 Å². The van der Waals surface area contributed by atoms with Crippen LogP contribution in [0.25, 0.3) is 0 Å². The van der Waals surface area contributed by atoms with Gasteiger partial charge in [-0.25, -0.2) is 0 Å². The fraction of sp³-hybridized carbons (Fsp3) is 0.929. The van der Waals surface area contributed by atoms with E-state index >= 15 is 0 Å². The van der Waals surface area contributed by atoms with Gasteiger partial charge in [-0.05, 0) is 56.9 Å². The molecule has 0 N–H and O–H groups in total. The average molecular weight is 255 g/mol. The summed E-state index contributed by atoms with van der Waals surface area (Å²) >= 11 is 0.